The van der Waals surface area contributed by atoms with Crippen LogP contribution in [0.1, 0.15) is 15.9 Å². The second-order valence-electron chi connectivity index (χ2n) is 5.24. The van der Waals surface area contributed by atoms with Crippen LogP contribution in [0.15, 0.2) is 71.7 Å². The van der Waals surface area contributed by atoms with Crippen LogP contribution in [0, 0.1) is 5.82 Å². The Balaban J connectivity index is 1.90. The Labute approximate surface area is 138 Å². The zero-order valence-corrected chi connectivity index (χ0v) is 12.8. The molecule has 0 atom stereocenters. The van der Waals surface area contributed by atoms with Gasteiger partial charge in [0.15, 0.2) is 0 Å². The predicted octanol–water partition coefficient (Wildman–Crippen LogP) is 3.11. The van der Waals surface area contributed by atoms with Crippen LogP contribution in [0.5, 0.6) is 0 Å². The molecule has 5 heteroatoms. The predicted molar refractivity (Wildman–Crippen MR) is 90.1 cm³/mol. The van der Waals surface area contributed by atoms with Crippen LogP contribution in [0.2, 0.25) is 0 Å². The maximum atomic E-state index is 13.6. The van der Waals surface area contributed by atoms with Crippen molar-refractivity contribution >= 4 is 5.91 Å². The minimum Gasteiger partial charge on any atom is -0.348 e. The van der Waals surface area contributed by atoms with Crippen LogP contribution in [0.25, 0.3) is 11.1 Å². The first-order valence-electron chi connectivity index (χ1n) is 7.45. The Morgan fingerprint density at radius 3 is 2.46 bits per heavy atom. The molecule has 1 amide bonds. The average molecular weight is 322 g/mol. The van der Waals surface area contributed by atoms with E-state index in [2.05, 4.69) is 10.3 Å². The van der Waals surface area contributed by atoms with Crippen molar-refractivity contribution in [2.45, 2.75) is 6.54 Å². The number of hydrogen-bond acceptors (Lipinski definition) is 2. The largest absolute Gasteiger partial charge is 0.348 e. The minimum atomic E-state index is -0.543. The third-order valence-electron chi connectivity index (χ3n) is 3.67. The fourth-order valence-electron chi connectivity index (χ4n) is 2.47. The Morgan fingerprint density at radius 1 is 1.00 bits per heavy atom. The van der Waals surface area contributed by atoms with Crippen molar-refractivity contribution in [1.29, 1.82) is 0 Å². The highest BCUT2D eigenvalue weighted by atomic mass is 19.1. The highest BCUT2D eigenvalue weighted by Crippen LogP contribution is 2.20. The molecule has 0 aliphatic carbocycles. The van der Waals surface area contributed by atoms with E-state index in [0.29, 0.717) is 11.1 Å². The van der Waals surface area contributed by atoms with Crippen molar-refractivity contribution in [3.8, 4) is 11.1 Å². The van der Waals surface area contributed by atoms with Crippen molar-refractivity contribution in [3.05, 3.63) is 94.2 Å². The first-order valence-corrected chi connectivity index (χ1v) is 7.45. The molecule has 24 heavy (non-hydrogen) atoms. The van der Waals surface area contributed by atoms with E-state index in [1.807, 2.05) is 30.3 Å². The number of nitrogens with one attached hydrogen (secondary N) is 2. The Bertz CT molecular complexity index is 920. The number of hydrogen-bond donors (Lipinski definition) is 2. The highest BCUT2D eigenvalue weighted by Gasteiger charge is 2.17. The molecule has 0 aliphatic heterocycles. The van der Waals surface area contributed by atoms with Crippen LogP contribution in [-0.4, -0.2) is 10.9 Å². The molecule has 3 aromatic rings. The van der Waals surface area contributed by atoms with Gasteiger partial charge in [0, 0.05) is 23.9 Å². The number of aromatic amines is 1. The maximum Gasteiger partial charge on any atom is 0.261 e. The summed E-state index contributed by atoms with van der Waals surface area (Å²) in [4.78, 5) is 27.1. The van der Waals surface area contributed by atoms with Crippen molar-refractivity contribution in [2.75, 3.05) is 0 Å². The van der Waals surface area contributed by atoms with E-state index in [-0.39, 0.29) is 12.1 Å². The van der Waals surface area contributed by atoms with Gasteiger partial charge in [-0.3, -0.25) is 9.59 Å². The molecular formula is C19H15FN2O2. The van der Waals surface area contributed by atoms with Gasteiger partial charge in [-0.25, -0.2) is 4.39 Å². The number of halogens is 1. The highest BCUT2D eigenvalue weighted by molar-refractivity contribution is 6.00. The monoisotopic (exact) mass is 322 g/mol. The molecule has 1 aromatic heterocycles. The fourth-order valence-corrected chi connectivity index (χ4v) is 2.47. The van der Waals surface area contributed by atoms with Gasteiger partial charge < -0.3 is 10.3 Å². The summed E-state index contributed by atoms with van der Waals surface area (Å²) < 4.78 is 13.6. The molecule has 1 heterocycles. The molecule has 0 saturated heterocycles. The standard InChI is InChI=1S/C19H15FN2O2/c20-16-9-5-4-8-14(16)12-22-19(24)17-15(10-11-21-18(17)23)13-6-2-1-3-7-13/h1-11H,12H2,(H,21,23)(H,22,24). The van der Waals surface area contributed by atoms with Crippen LogP contribution in [-0.2, 0) is 6.54 Å². The molecule has 0 spiro atoms. The Kier molecular flexibility index (Phi) is 4.52. The minimum absolute atomic E-state index is 0.00801. The summed E-state index contributed by atoms with van der Waals surface area (Å²) in [6, 6.07) is 17.0. The molecule has 0 radical (unpaired) electrons. The zero-order valence-electron chi connectivity index (χ0n) is 12.8. The van der Waals surface area contributed by atoms with Crippen molar-refractivity contribution < 1.29 is 9.18 Å². The summed E-state index contributed by atoms with van der Waals surface area (Å²) in [5.74, 6) is -0.943. The molecule has 4 nitrogen and oxygen atoms in total. The summed E-state index contributed by atoms with van der Waals surface area (Å²) >= 11 is 0. The quantitative estimate of drug-likeness (QED) is 0.775. The van der Waals surface area contributed by atoms with Gasteiger partial charge in [-0.2, -0.15) is 0 Å². The molecule has 0 aliphatic rings. The SMILES string of the molecule is O=C(NCc1ccccc1F)c1c(-c2ccccc2)cc[nH]c1=O. The molecule has 0 unspecified atom stereocenters. The zero-order chi connectivity index (χ0) is 16.9. The third-order valence-corrected chi connectivity index (χ3v) is 3.67. The molecule has 120 valence electrons. The van der Waals surface area contributed by atoms with E-state index in [4.69, 9.17) is 0 Å². The van der Waals surface area contributed by atoms with Crippen LogP contribution >= 0.6 is 0 Å². The van der Waals surface area contributed by atoms with Crippen LogP contribution < -0.4 is 10.9 Å². The first-order chi connectivity index (χ1) is 11.7. The van der Waals surface area contributed by atoms with Gasteiger partial charge in [0.2, 0.25) is 0 Å². The van der Waals surface area contributed by atoms with E-state index in [1.165, 1.54) is 12.3 Å². The second kappa shape index (κ2) is 6.91. The molecule has 0 fully saturated rings. The smallest absolute Gasteiger partial charge is 0.261 e. The van der Waals surface area contributed by atoms with Gasteiger partial charge in [0.25, 0.3) is 11.5 Å². The number of carbonyl (C=O) groups excluding carboxylic acids is 1. The van der Waals surface area contributed by atoms with E-state index < -0.39 is 17.3 Å². The van der Waals surface area contributed by atoms with E-state index in [0.717, 1.165) is 5.56 Å². The second-order valence-corrected chi connectivity index (χ2v) is 5.24. The van der Waals surface area contributed by atoms with E-state index >= 15 is 0 Å². The van der Waals surface area contributed by atoms with Gasteiger partial charge in [-0.15, -0.1) is 0 Å². The summed E-state index contributed by atoms with van der Waals surface area (Å²) in [5.41, 5.74) is 1.19. The molecular weight excluding hydrogens is 307 g/mol. The topological polar surface area (TPSA) is 62.0 Å². The van der Waals surface area contributed by atoms with Gasteiger partial charge in [0.1, 0.15) is 11.4 Å². The lowest BCUT2D eigenvalue weighted by molar-refractivity contribution is 0.0949. The van der Waals surface area contributed by atoms with Gasteiger partial charge in [-0.05, 0) is 17.7 Å². The molecule has 2 N–H and O–H groups in total. The summed E-state index contributed by atoms with van der Waals surface area (Å²) in [6.45, 7) is 0.00801. The van der Waals surface area contributed by atoms with Crippen LogP contribution in [0.3, 0.4) is 0 Å². The Morgan fingerprint density at radius 2 is 1.71 bits per heavy atom. The normalized spacial score (nSPS) is 10.4. The van der Waals surface area contributed by atoms with Gasteiger partial charge in [-0.1, -0.05) is 48.5 Å². The number of benzene rings is 2. The summed E-state index contributed by atoms with van der Waals surface area (Å²) in [7, 11) is 0. The van der Waals surface area contributed by atoms with Crippen molar-refractivity contribution in [1.82, 2.24) is 10.3 Å². The number of rotatable bonds is 4. The summed E-state index contributed by atoms with van der Waals surface area (Å²) in [6.07, 6.45) is 1.50. The number of H-pyrrole nitrogens is 1. The number of aromatic nitrogens is 1. The fraction of sp³-hybridized carbons (Fsp3) is 0.0526. The maximum absolute atomic E-state index is 13.6. The average Bonchev–Trinajstić information content (AvgIpc) is 2.61. The van der Waals surface area contributed by atoms with E-state index in [1.54, 1.807) is 24.3 Å². The van der Waals surface area contributed by atoms with Crippen molar-refractivity contribution in [3.63, 3.8) is 0 Å². The molecule has 2 aromatic carbocycles. The van der Waals surface area contributed by atoms with Gasteiger partial charge in [0.05, 0.1) is 0 Å². The third kappa shape index (κ3) is 3.25. The Hall–Kier alpha value is -3.21. The van der Waals surface area contributed by atoms with Gasteiger partial charge >= 0.3 is 0 Å². The first kappa shape index (κ1) is 15.7. The lowest BCUT2D eigenvalue weighted by atomic mass is 10.0. The number of pyridine rings is 1. The number of amides is 1. The lowest BCUT2D eigenvalue weighted by Crippen LogP contribution is -2.30. The molecule has 3 rings (SSSR count). The molecule has 0 saturated carbocycles. The molecule has 0 bridgehead atoms. The van der Waals surface area contributed by atoms with E-state index in [9.17, 15) is 14.0 Å². The lowest BCUT2D eigenvalue weighted by Gasteiger charge is -2.10. The van der Waals surface area contributed by atoms with Crippen molar-refractivity contribution in [2.24, 2.45) is 0 Å². The summed E-state index contributed by atoms with van der Waals surface area (Å²) in [5, 5.41) is 2.61. The number of carbonyl (C=O) groups is 1. The van der Waals surface area contributed by atoms with Crippen LogP contribution in [0.4, 0.5) is 4.39 Å².